The summed E-state index contributed by atoms with van der Waals surface area (Å²) in [6.45, 7) is 9.03. The molecule has 1 aliphatic rings. The smallest absolute Gasteiger partial charge is 0.242 e. The van der Waals surface area contributed by atoms with Crippen LogP contribution in [-0.4, -0.2) is 47.5 Å². The van der Waals surface area contributed by atoms with Crippen LogP contribution in [0.5, 0.6) is 0 Å². The molecule has 1 amide bonds. The molecule has 2 rings (SSSR count). The molecule has 2 N–H and O–H groups in total. The Morgan fingerprint density at radius 1 is 1.45 bits per heavy atom. The number of carbonyl (C=O) groups excluding carboxylic acids is 1. The third-order valence-corrected chi connectivity index (χ3v) is 4.72. The molecule has 1 fully saturated rings. The van der Waals surface area contributed by atoms with E-state index < -0.39 is 5.54 Å². The second kappa shape index (κ2) is 6.10. The van der Waals surface area contributed by atoms with E-state index in [4.69, 9.17) is 5.73 Å². The van der Waals surface area contributed by atoms with Gasteiger partial charge in [0.1, 0.15) is 0 Å². The second-order valence-corrected chi connectivity index (χ2v) is 6.55. The molecular weight excluding hydrogens is 272 g/mol. The van der Waals surface area contributed by atoms with Gasteiger partial charge in [-0.15, -0.1) is 11.3 Å². The zero-order valence-electron chi connectivity index (χ0n) is 12.6. The van der Waals surface area contributed by atoms with Crippen LogP contribution in [0.3, 0.4) is 0 Å². The quantitative estimate of drug-likeness (QED) is 0.917. The summed E-state index contributed by atoms with van der Waals surface area (Å²) in [4.78, 5) is 21.1. The van der Waals surface area contributed by atoms with Gasteiger partial charge in [0.25, 0.3) is 0 Å². The van der Waals surface area contributed by atoms with Gasteiger partial charge in [-0.25, -0.2) is 4.98 Å². The van der Waals surface area contributed by atoms with Crippen LogP contribution < -0.4 is 10.6 Å². The first kappa shape index (κ1) is 15.3. The fraction of sp³-hybridized carbons (Fsp3) is 0.714. The second-order valence-electron chi connectivity index (χ2n) is 5.72. The van der Waals surface area contributed by atoms with Crippen LogP contribution >= 0.6 is 11.3 Å². The molecule has 1 aromatic rings. The van der Waals surface area contributed by atoms with Crippen molar-refractivity contribution in [3.8, 4) is 0 Å². The molecule has 0 spiro atoms. The molecule has 1 aliphatic heterocycles. The van der Waals surface area contributed by atoms with E-state index in [9.17, 15) is 4.79 Å². The van der Waals surface area contributed by atoms with E-state index in [0.717, 1.165) is 49.8 Å². The Morgan fingerprint density at radius 3 is 2.60 bits per heavy atom. The van der Waals surface area contributed by atoms with Gasteiger partial charge in [-0.05, 0) is 20.3 Å². The van der Waals surface area contributed by atoms with Crippen molar-refractivity contribution >= 4 is 22.4 Å². The van der Waals surface area contributed by atoms with Crippen molar-refractivity contribution in [3.05, 3.63) is 11.1 Å². The number of hydrogen-bond acceptors (Lipinski definition) is 5. The molecule has 1 saturated heterocycles. The topological polar surface area (TPSA) is 62.5 Å². The van der Waals surface area contributed by atoms with Gasteiger partial charge in [0, 0.05) is 31.6 Å². The summed E-state index contributed by atoms with van der Waals surface area (Å²) >= 11 is 1.67. The minimum Gasteiger partial charge on any atom is -0.345 e. The highest BCUT2D eigenvalue weighted by atomic mass is 32.1. The standard InChI is InChI=1S/C14H24N4OS/c1-4-5-14(3,15)12(19)17-6-8-18(9-7-17)13-16-11(2)10-20-13/h10H,4-9,15H2,1-3H3. The highest BCUT2D eigenvalue weighted by Crippen LogP contribution is 2.22. The fourth-order valence-corrected chi connectivity index (χ4v) is 3.43. The molecule has 1 aromatic heterocycles. The fourth-order valence-electron chi connectivity index (χ4n) is 2.58. The summed E-state index contributed by atoms with van der Waals surface area (Å²) in [5.41, 5.74) is 6.46. The Morgan fingerprint density at radius 2 is 2.10 bits per heavy atom. The number of nitrogens with zero attached hydrogens (tertiary/aromatic N) is 3. The monoisotopic (exact) mass is 296 g/mol. The predicted molar refractivity (Wildman–Crippen MR) is 83.1 cm³/mol. The van der Waals surface area contributed by atoms with Crippen molar-refractivity contribution in [1.29, 1.82) is 0 Å². The summed E-state index contributed by atoms with van der Waals surface area (Å²) in [7, 11) is 0. The third-order valence-electron chi connectivity index (χ3n) is 3.70. The SMILES string of the molecule is CCCC(C)(N)C(=O)N1CCN(c2nc(C)cs2)CC1. The van der Waals surface area contributed by atoms with Gasteiger partial charge in [0.15, 0.2) is 5.13 Å². The van der Waals surface area contributed by atoms with E-state index in [2.05, 4.69) is 22.2 Å². The minimum atomic E-state index is -0.727. The van der Waals surface area contributed by atoms with E-state index >= 15 is 0 Å². The van der Waals surface area contributed by atoms with Gasteiger partial charge in [-0.2, -0.15) is 0 Å². The zero-order chi connectivity index (χ0) is 14.8. The number of piperazine rings is 1. The maximum absolute atomic E-state index is 12.4. The Balaban J connectivity index is 1.92. The van der Waals surface area contributed by atoms with Gasteiger partial charge in [-0.1, -0.05) is 13.3 Å². The molecule has 6 heteroatoms. The van der Waals surface area contributed by atoms with Crippen LogP contribution in [0.4, 0.5) is 5.13 Å². The van der Waals surface area contributed by atoms with Crippen LogP contribution in [0, 0.1) is 6.92 Å². The number of hydrogen-bond donors (Lipinski definition) is 1. The maximum atomic E-state index is 12.4. The van der Waals surface area contributed by atoms with E-state index in [0.29, 0.717) is 0 Å². The largest absolute Gasteiger partial charge is 0.345 e. The van der Waals surface area contributed by atoms with Crippen LogP contribution in [0.2, 0.25) is 0 Å². The molecule has 2 heterocycles. The Kier molecular flexibility index (Phi) is 4.65. The van der Waals surface area contributed by atoms with Crippen molar-refractivity contribution in [3.63, 3.8) is 0 Å². The molecule has 112 valence electrons. The van der Waals surface area contributed by atoms with Gasteiger partial charge in [-0.3, -0.25) is 4.79 Å². The van der Waals surface area contributed by atoms with Crippen LogP contribution in [-0.2, 0) is 4.79 Å². The van der Waals surface area contributed by atoms with Crippen molar-refractivity contribution in [1.82, 2.24) is 9.88 Å². The van der Waals surface area contributed by atoms with Crippen LogP contribution in [0.15, 0.2) is 5.38 Å². The van der Waals surface area contributed by atoms with Crippen molar-refractivity contribution in [2.24, 2.45) is 5.73 Å². The minimum absolute atomic E-state index is 0.0781. The molecular formula is C14H24N4OS. The molecule has 1 unspecified atom stereocenters. The number of carbonyl (C=O) groups is 1. The van der Waals surface area contributed by atoms with Crippen LogP contribution in [0.1, 0.15) is 32.4 Å². The lowest BCUT2D eigenvalue weighted by Gasteiger charge is -2.38. The highest BCUT2D eigenvalue weighted by Gasteiger charge is 2.33. The molecule has 0 bridgehead atoms. The maximum Gasteiger partial charge on any atom is 0.242 e. The molecule has 0 radical (unpaired) electrons. The Labute approximate surface area is 124 Å². The van der Waals surface area contributed by atoms with Gasteiger partial charge >= 0.3 is 0 Å². The first-order chi connectivity index (χ1) is 9.44. The summed E-state index contributed by atoms with van der Waals surface area (Å²) < 4.78 is 0. The van der Waals surface area contributed by atoms with Crippen molar-refractivity contribution < 1.29 is 4.79 Å². The van der Waals surface area contributed by atoms with E-state index in [1.54, 1.807) is 11.3 Å². The molecule has 1 atom stereocenters. The molecule has 0 aliphatic carbocycles. The number of amides is 1. The van der Waals surface area contributed by atoms with Crippen molar-refractivity contribution in [2.75, 3.05) is 31.1 Å². The lowest BCUT2D eigenvalue weighted by molar-refractivity contribution is -0.137. The number of anilines is 1. The number of nitrogens with two attached hydrogens (primary N) is 1. The summed E-state index contributed by atoms with van der Waals surface area (Å²) in [6.07, 6.45) is 1.66. The molecule has 20 heavy (non-hydrogen) atoms. The van der Waals surface area contributed by atoms with E-state index in [1.165, 1.54) is 0 Å². The normalized spacial score (nSPS) is 19.0. The summed E-state index contributed by atoms with van der Waals surface area (Å²) in [5.74, 6) is 0.0781. The average Bonchev–Trinajstić information content (AvgIpc) is 2.85. The van der Waals surface area contributed by atoms with Crippen molar-refractivity contribution in [2.45, 2.75) is 39.2 Å². The van der Waals surface area contributed by atoms with E-state index in [1.807, 2.05) is 18.7 Å². The lowest BCUT2D eigenvalue weighted by Crippen LogP contribution is -2.58. The molecule has 0 aromatic carbocycles. The predicted octanol–water partition coefficient (Wildman–Crippen LogP) is 1.62. The average molecular weight is 296 g/mol. The van der Waals surface area contributed by atoms with Gasteiger partial charge < -0.3 is 15.5 Å². The first-order valence-electron chi connectivity index (χ1n) is 7.19. The number of rotatable bonds is 4. The Hall–Kier alpha value is -1.14. The zero-order valence-corrected chi connectivity index (χ0v) is 13.4. The van der Waals surface area contributed by atoms with Gasteiger partial charge in [0.2, 0.25) is 5.91 Å². The van der Waals surface area contributed by atoms with E-state index in [-0.39, 0.29) is 5.91 Å². The highest BCUT2D eigenvalue weighted by molar-refractivity contribution is 7.13. The summed E-state index contributed by atoms with van der Waals surface area (Å²) in [6, 6.07) is 0. The summed E-state index contributed by atoms with van der Waals surface area (Å²) in [5, 5.41) is 3.11. The molecule has 0 saturated carbocycles. The number of aryl methyl sites for hydroxylation is 1. The van der Waals surface area contributed by atoms with Gasteiger partial charge in [0.05, 0.1) is 11.2 Å². The Bertz CT molecular complexity index is 463. The lowest BCUT2D eigenvalue weighted by atomic mass is 9.95. The number of aromatic nitrogens is 1. The third kappa shape index (κ3) is 3.30. The first-order valence-corrected chi connectivity index (χ1v) is 8.07. The molecule has 5 nitrogen and oxygen atoms in total. The van der Waals surface area contributed by atoms with Crippen LogP contribution in [0.25, 0.3) is 0 Å². The number of thiazole rings is 1.